The number of halogens is 2. The first kappa shape index (κ1) is 15.1. The number of anilines is 1. The molecular formula is C15H14ClFN2O2. The second-order valence-electron chi connectivity index (χ2n) is 4.25. The Morgan fingerprint density at radius 2 is 2.05 bits per heavy atom. The first-order valence-electron chi connectivity index (χ1n) is 6.22. The highest BCUT2D eigenvalue weighted by molar-refractivity contribution is 6.32. The van der Waals surface area contributed by atoms with Gasteiger partial charge in [0, 0.05) is 17.8 Å². The number of ether oxygens (including phenoxy) is 1. The SMILES string of the molecule is COc1ccc(NC(=O)NCc2ccccc2F)cc1Cl. The van der Waals surface area contributed by atoms with Crippen molar-refractivity contribution in [2.75, 3.05) is 12.4 Å². The third-order valence-corrected chi connectivity index (χ3v) is 3.10. The van der Waals surface area contributed by atoms with E-state index in [1.165, 1.54) is 13.2 Å². The molecule has 6 heteroatoms. The van der Waals surface area contributed by atoms with E-state index in [2.05, 4.69) is 10.6 Å². The molecule has 4 nitrogen and oxygen atoms in total. The summed E-state index contributed by atoms with van der Waals surface area (Å²) in [4.78, 5) is 11.7. The van der Waals surface area contributed by atoms with Gasteiger partial charge in [-0.05, 0) is 24.3 Å². The van der Waals surface area contributed by atoms with Gasteiger partial charge in [0.2, 0.25) is 0 Å². The quantitative estimate of drug-likeness (QED) is 0.902. The van der Waals surface area contributed by atoms with Crippen molar-refractivity contribution in [2.24, 2.45) is 0 Å². The lowest BCUT2D eigenvalue weighted by molar-refractivity contribution is 0.251. The van der Waals surface area contributed by atoms with Crippen molar-refractivity contribution in [3.8, 4) is 5.75 Å². The molecule has 110 valence electrons. The van der Waals surface area contributed by atoms with Crippen LogP contribution in [-0.4, -0.2) is 13.1 Å². The molecule has 2 aromatic carbocycles. The molecule has 0 aliphatic rings. The molecule has 0 aliphatic heterocycles. The summed E-state index contributed by atoms with van der Waals surface area (Å²) in [5, 5.41) is 5.58. The van der Waals surface area contributed by atoms with Gasteiger partial charge in [-0.1, -0.05) is 29.8 Å². The van der Waals surface area contributed by atoms with E-state index in [0.717, 1.165) is 0 Å². The molecule has 0 unspecified atom stereocenters. The predicted octanol–water partition coefficient (Wildman–Crippen LogP) is 3.81. The molecule has 0 saturated carbocycles. The fourth-order valence-electron chi connectivity index (χ4n) is 1.74. The molecule has 0 radical (unpaired) electrons. The average molecular weight is 309 g/mol. The molecule has 0 spiro atoms. The van der Waals surface area contributed by atoms with Crippen molar-refractivity contribution >= 4 is 23.3 Å². The van der Waals surface area contributed by atoms with Gasteiger partial charge in [-0.25, -0.2) is 9.18 Å². The van der Waals surface area contributed by atoms with Crippen molar-refractivity contribution in [1.29, 1.82) is 0 Å². The Morgan fingerprint density at radius 3 is 2.71 bits per heavy atom. The van der Waals surface area contributed by atoms with E-state index in [1.807, 2.05) is 0 Å². The van der Waals surface area contributed by atoms with Gasteiger partial charge in [0.15, 0.2) is 0 Å². The van der Waals surface area contributed by atoms with Gasteiger partial charge >= 0.3 is 6.03 Å². The molecular weight excluding hydrogens is 295 g/mol. The van der Waals surface area contributed by atoms with Crippen LogP contribution in [0.5, 0.6) is 5.75 Å². The van der Waals surface area contributed by atoms with Gasteiger partial charge in [-0.15, -0.1) is 0 Å². The number of methoxy groups -OCH3 is 1. The molecule has 2 rings (SSSR count). The van der Waals surface area contributed by atoms with Gasteiger partial charge in [-0.2, -0.15) is 0 Å². The fraction of sp³-hybridized carbons (Fsp3) is 0.133. The second-order valence-corrected chi connectivity index (χ2v) is 4.66. The van der Waals surface area contributed by atoms with E-state index in [4.69, 9.17) is 16.3 Å². The van der Waals surface area contributed by atoms with Crippen LogP contribution < -0.4 is 15.4 Å². The summed E-state index contributed by atoms with van der Waals surface area (Å²) >= 11 is 5.96. The maximum atomic E-state index is 13.4. The highest BCUT2D eigenvalue weighted by atomic mass is 35.5. The van der Waals surface area contributed by atoms with Crippen LogP contribution in [0.1, 0.15) is 5.56 Å². The topological polar surface area (TPSA) is 50.4 Å². The Labute approximate surface area is 126 Å². The molecule has 0 heterocycles. The van der Waals surface area contributed by atoms with Crippen LogP contribution in [0.15, 0.2) is 42.5 Å². The first-order valence-corrected chi connectivity index (χ1v) is 6.59. The highest BCUT2D eigenvalue weighted by Crippen LogP contribution is 2.27. The Balaban J connectivity index is 1.93. The Bertz CT molecular complexity index is 649. The number of carbonyl (C=O) groups is 1. The zero-order valence-corrected chi connectivity index (χ0v) is 12.1. The third-order valence-electron chi connectivity index (χ3n) is 2.81. The van der Waals surface area contributed by atoms with Gasteiger partial charge in [0.1, 0.15) is 11.6 Å². The lowest BCUT2D eigenvalue weighted by Gasteiger charge is -2.10. The summed E-state index contributed by atoms with van der Waals surface area (Å²) in [5.74, 6) is 0.166. The number of carbonyl (C=O) groups excluding carboxylic acids is 1. The summed E-state index contributed by atoms with van der Waals surface area (Å²) in [7, 11) is 1.51. The van der Waals surface area contributed by atoms with Crippen LogP contribution in [0.25, 0.3) is 0 Å². The van der Waals surface area contributed by atoms with Crippen LogP contribution in [0.4, 0.5) is 14.9 Å². The van der Waals surface area contributed by atoms with Crippen LogP contribution in [0, 0.1) is 5.82 Å². The number of urea groups is 1. The first-order chi connectivity index (χ1) is 10.1. The molecule has 0 fully saturated rings. The Hall–Kier alpha value is -2.27. The van der Waals surface area contributed by atoms with Crippen LogP contribution in [0.2, 0.25) is 5.02 Å². The van der Waals surface area contributed by atoms with E-state index in [9.17, 15) is 9.18 Å². The van der Waals surface area contributed by atoms with Crippen molar-refractivity contribution in [1.82, 2.24) is 5.32 Å². The van der Waals surface area contributed by atoms with E-state index in [-0.39, 0.29) is 12.4 Å². The molecule has 2 N–H and O–H groups in total. The molecule has 0 bridgehead atoms. The minimum atomic E-state index is -0.445. The molecule has 21 heavy (non-hydrogen) atoms. The van der Waals surface area contributed by atoms with E-state index >= 15 is 0 Å². The van der Waals surface area contributed by atoms with Crippen molar-refractivity contribution in [2.45, 2.75) is 6.54 Å². The standard InChI is InChI=1S/C15H14ClFN2O2/c1-21-14-7-6-11(8-12(14)16)19-15(20)18-9-10-4-2-3-5-13(10)17/h2-8H,9H2,1H3,(H2,18,19,20). The Morgan fingerprint density at radius 1 is 1.29 bits per heavy atom. The molecule has 0 atom stereocenters. The number of amides is 2. The van der Waals surface area contributed by atoms with Gasteiger partial charge in [-0.3, -0.25) is 0 Å². The minimum absolute atomic E-state index is 0.0996. The summed E-state index contributed by atoms with van der Waals surface area (Å²) in [6.45, 7) is 0.0996. The van der Waals surface area contributed by atoms with Crippen LogP contribution in [-0.2, 0) is 6.54 Å². The Kier molecular flexibility index (Phi) is 5.00. The second kappa shape index (κ2) is 6.95. The van der Waals surface area contributed by atoms with Gasteiger partial charge in [0.25, 0.3) is 0 Å². The largest absolute Gasteiger partial charge is 0.495 e. The minimum Gasteiger partial charge on any atom is -0.495 e. The number of nitrogens with one attached hydrogen (secondary N) is 2. The lowest BCUT2D eigenvalue weighted by atomic mass is 10.2. The molecule has 0 saturated heterocycles. The molecule has 2 aromatic rings. The van der Waals surface area contributed by atoms with Gasteiger partial charge in [0.05, 0.1) is 12.1 Å². The summed E-state index contributed by atoms with van der Waals surface area (Å²) < 4.78 is 18.4. The number of hydrogen-bond acceptors (Lipinski definition) is 2. The van der Waals surface area contributed by atoms with E-state index in [1.54, 1.807) is 36.4 Å². The predicted molar refractivity (Wildman–Crippen MR) is 80.3 cm³/mol. The number of hydrogen-bond donors (Lipinski definition) is 2. The lowest BCUT2D eigenvalue weighted by Crippen LogP contribution is -2.28. The van der Waals surface area contributed by atoms with Crippen molar-refractivity contribution in [3.05, 3.63) is 58.9 Å². The number of benzene rings is 2. The maximum absolute atomic E-state index is 13.4. The van der Waals surface area contributed by atoms with Crippen LogP contribution >= 0.6 is 11.6 Å². The van der Waals surface area contributed by atoms with E-state index in [0.29, 0.717) is 22.0 Å². The molecule has 0 aromatic heterocycles. The highest BCUT2D eigenvalue weighted by Gasteiger charge is 2.06. The van der Waals surface area contributed by atoms with Crippen molar-refractivity contribution < 1.29 is 13.9 Å². The fourth-order valence-corrected chi connectivity index (χ4v) is 1.99. The normalized spacial score (nSPS) is 10.0. The summed E-state index contributed by atoms with van der Waals surface area (Å²) in [6, 6.07) is 10.7. The zero-order valence-electron chi connectivity index (χ0n) is 11.3. The monoisotopic (exact) mass is 308 g/mol. The smallest absolute Gasteiger partial charge is 0.319 e. The van der Waals surface area contributed by atoms with Gasteiger partial charge < -0.3 is 15.4 Å². The molecule has 2 amide bonds. The van der Waals surface area contributed by atoms with E-state index < -0.39 is 6.03 Å². The summed E-state index contributed by atoms with van der Waals surface area (Å²) in [6.07, 6.45) is 0. The average Bonchev–Trinajstić information content (AvgIpc) is 2.46. The zero-order chi connectivity index (χ0) is 15.2. The van der Waals surface area contributed by atoms with Crippen molar-refractivity contribution in [3.63, 3.8) is 0 Å². The maximum Gasteiger partial charge on any atom is 0.319 e. The number of rotatable bonds is 4. The van der Waals surface area contributed by atoms with Crippen LogP contribution in [0.3, 0.4) is 0 Å². The summed E-state index contributed by atoms with van der Waals surface area (Å²) in [5.41, 5.74) is 0.937. The third kappa shape index (κ3) is 4.10. The molecule has 0 aliphatic carbocycles.